The number of carbonyl (C=O) groups is 1. The monoisotopic (exact) mass is 493 g/mol. The van der Waals surface area contributed by atoms with Crippen LogP contribution in [-0.4, -0.2) is 29.6 Å². The zero-order valence-corrected chi connectivity index (χ0v) is 22.7. The third-order valence-electron chi connectivity index (χ3n) is 7.52. The Bertz CT molecular complexity index is 1170. The second-order valence-corrected chi connectivity index (χ2v) is 10.7. The molecular formula is C31H43NO4. The molecule has 0 bridgehead atoms. The maximum Gasteiger partial charge on any atom is 0.255 e. The fourth-order valence-corrected chi connectivity index (χ4v) is 4.14. The Morgan fingerprint density at radius 2 is 1.61 bits per heavy atom. The number of hydrogen-bond acceptors (Lipinski definition) is 3. The number of carbonyl (C=O) groups excluding carboxylic acids is 1. The molecule has 3 aromatic carbocycles. The van der Waals surface area contributed by atoms with Crippen LogP contribution in [0.3, 0.4) is 0 Å². The summed E-state index contributed by atoms with van der Waals surface area (Å²) >= 11 is 0. The lowest BCUT2D eigenvalue weighted by molar-refractivity contribution is 0.0950. The van der Waals surface area contributed by atoms with Crippen molar-refractivity contribution in [3.05, 3.63) is 71.3 Å². The van der Waals surface area contributed by atoms with Gasteiger partial charge in [0, 0.05) is 17.5 Å². The van der Waals surface area contributed by atoms with E-state index < -0.39 is 0 Å². The lowest BCUT2D eigenvalue weighted by Gasteiger charge is -2.30. The van der Waals surface area contributed by atoms with Crippen molar-refractivity contribution >= 4 is 16.7 Å². The summed E-state index contributed by atoms with van der Waals surface area (Å²) in [6.07, 6.45) is 3.75. The quantitative estimate of drug-likeness (QED) is 0.292. The second-order valence-electron chi connectivity index (χ2n) is 10.7. The standard InChI is InChI=1S/C31H41NO3.H2O/c1-7-30(3,4)23-16-18-27(26(21-23)31(5,6)8-2)35-20-12-11-19-32-29(34)25-17-15-22-13-9-10-14-24(22)28(25)33;/h9-10,13-18,21,33H,7-8,11-12,19-20H2,1-6H3,(H,32,34);1H2. The number of nitrogens with one attached hydrogen (secondary N) is 1. The number of phenols is 1. The van der Waals surface area contributed by atoms with E-state index in [2.05, 4.69) is 65.1 Å². The molecular weight excluding hydrogens is 450 g/mol. The largest absolute Gasteiger partial charge is 0.506 e. The van der Waals surface area contributed by atoms with Crippen molar-refractivity contribution in [2.75, 3.05) is 13.2 Å². The zero-order valence-electron chi connectivity index (χ0n) is 22.7. The number of fused-ring (bicyclic) bond motifs is 1. The Labute approximate surface area is 216 Å². The molecule has 3 aromatic rings. The molecule has 0 radical (unpaired) electrons. The maximum atomic E-state index is 12.6. The van der Waals surface area contributed by atoms with Crippen LogP contribution in [0, 0.1) is 0 Å². The van der Waals surface area contributed by atoms with E-state index in [1.807, 2.05) is 30.3 Å². The van der Waals surface area contributed by atoms with Gasteiger partial charge in [-0.25, -0.2) is 0 Å². The Hall–Kier alpha value is -3.05. The molecule has 5 heteroatoms. The fourth-order valence-electron chi connectivity index (χ4n) is 4.14. The lowest BCUT2D eigenvalue weighted by Crippen LogP contribution is -2.25. The van der Waals surface area contributed by atoms with Crippen LogP contribution in [0.15, 0.2) is 54.6 Å². The number of unbranched alkanes of at least 4 members (excludes halogenated alkanes) is 1. The van der Waals surface area contributed by atoms with Gasteiger partial charge in [-0.3, -0.25) is 4.79 Å². The van der Waals surface area contributed by atoms with Gasteiger partial charge in [0.2, 0.25) is 0 Å². The zero-order chi connectivity index (χ0) is 25.6. The predicted octanol–water partition coefficient (Wildman–Crippen LogP) is 6.68. The van der Waals surface area contributed by atoms with Crippen LogP contribution in [0.4, 0.5) is 0 Å². The van der Waals surface area contributed by atoms with Gasteiger partial charge in [-0.05, 0) is 59.6 Å². The molecule has 0 aliphatic heterocycles. The number of benzene rings is 3. The molecule has 0 fully saturated rings. The van der Waals surface area contributed by atoms with Gasteiger partial charge in [-0.2, -0.15) is 0 Å². The van der Waals surface area contributed by atoms with Crippen molar-refractivity contribution < 1.29 is 20.1 Å². The fraction of sp³-hybridized carbons (Fsp3) is 0.452. The van der Waals surface area contributed by atoms with Crippen molar-refractivity contribution in [2.45, 2.75) is 78.1 Å². The minimum Gasteiger partial charge on any atom is -0.506 e. The summed E-state index contributed by atoms with van der Waals surface area (Å²) in [6, 6.07) is 17.7. The molecule has 0 saturated heterocycles. The molecule has 1 amide bonds. The number of amides is 1. The Morgan fingerprint density at radius 1 is 0.917 bits per heavy atom. The van der Waals surface area contributed by atoms with Gasteiger partial charge in [0.25, 0.3) is 5.91 Å². The molecule has 4 N–H and O–H groups in total. The van der Waals surface area contributed by atoms with E-state index >= 15 is 0 Å². The van der Waals surface area contributed by atoms with Gasteiger partial charge in [-0.15, -0.1) is 0 Å². The van der Waals surface area contributed by atoms with Crippen LogP contribution in [0.2, 0.25) is 0 Å². The minimum absolute atomic E-state index is 0. The molecule has 0 aliphatic carbocycles. The van der Waals surface area contributed by atoms with Crippen LogP contribution in [0.5, 0.6) is 11.5 Å². The average Bonchev–Trinajstić information content (AvgIpc) is 2.86. The molecule has 36 heavy (non-hydrogen) atoms. The molecule has 0 unspecified atom stereocenters. The van der Waals surface area contributed by atoms with E-state index in [4.69, 9.17) is 4.74 Å². The topological polar surface area (TPSA) is 90.1 Å². The Kier molecular flexibility index (Phi) is 9.94. The van der Waals surface area contributed by atoms with E-state index in [-0.39, 0.29) is 28.0 Å². The summed E-state index contributed by atoms with van der Waals surface area (Å²) < 4.78 is 6.23. The van der Waals surface area contributed by atoms with Crippen LogP contribution < -0.4 is 10.1 Å². The van der Waals surface area contributed by atoms with E-state index in [1.54, 1.807) is 6.07 Å². The van der Waals surface area contributed by atoms with Crippen molar-refractivity contribution in [1.82, 2.24) is 5.32 Å². The van der Waals surface area contributed by atoms with Crippen LogP contribution >= 0.6 is 0 Å². The smallest absolute Gasteiger partial charge is 0.255 e. The van der Waals surface area contributed by atoms with E-state index in [0.717, 1.165) is 36.8 Å². The first kappa shape index (κ1) is 29.2. The third kappa shape index (κ3) is 6.58. The number of hydrogen-bond donors (Lipinski definition) is 2. The minimum atomic E-state index is -0.254. The molecule has 3 rings (SSSR count). The third-order valence-corrected chi connectivity index (χ3v) is 7.52. The van der Waals surface area contributed by atoms with Crippen LogP contribution in [0.1, 0.15) is 88.7 Å². The number of ether oxygens (including phenoxy) is 1. The summed E-state index contributed by atoms with van der Waals surface area (Å²) in [7, 11) is 0. The first-order valence-electron chi connectivity index (χ1n) is 12.9. The van der Waals surface area contributed by atoms with E-state index in [9.17, 15) is 9.90 Å². The van der Waals surface area contributed by atoms with Gasteiger partial charge in [0.1, 0.15) is 11.5 Å². The molecule has 0 atom stereocenters. The molecule has 0 spiro atoms. The number of aromatic hydroxyl groups is 1. The molecule has 0 aromatic heterocycles. The second kappa shape index (κ2) is 12.3. The van der Waals surface area contributed by atoms with Crippen molar-refractivity contribution in [3.63, 3.8) is 0 Å². The SMILES string of the molecule is CCC(C)(C)c1ccc(OCCCCNC(=O)c2ccc3ccccc3c2O)c(C(C)(C)CC)c1.O. The van der Waals surface area contributed by atoms with Crippen molar-refractivity contribution in [2.24, 2.45) is 0 Å². The van der Waals surface area contributed by atoms with Gasteiger partial charge >= 0.3 is 0 Å². The summed E-state index contributed by atoms with van der Waals surface area (Å²) in [5.74, 6) is 0.734. The molecule has 0 aliphatic rings. The van der Waals surface area contributed by atoms with Crippen LogP contribution in [0.25, 0.3) is 10.8 Å². The van der Waals surface area contributed by atoms with E-state index in [1.165, 1.54) is 11.1 Å². The summed E-state index contributed by atoms with van der Waals surface area (Å²) in [5.41, 5.74) is 3.09. The predicted molar refractivity (Wildman–Crippen MR) is 149 cm³/mol. The summed E-state index contributed by atoms with van der Waals surface area (Å²) in [6.45, 7) is 14.7. The van der Waals surface area contributed by atoms with Gasteiger partial charge in [0.05, 0.1) is 12.2 Å². The normalized spacial score (nSPS) is 11.7. The highest BCUT2D eigenvalue weighted by molar-refractivity contribution is 6.03. The molecule has 5 nitrogen and oxygen atoms in total. The molecule has 0 heterocycles. The number of phenolic OH excluding ortho intramolecular Hbond substituents is 1. The number of rotatable bonds is 11. The highest BCUT2D eigenvalue weighted by Gasteiger charge is 2.26. The van der Waals surface area contributed by atoms with Crippen LogP contribution in [-0.2, 0) is 10.8 Å². The Morgan fingerprint density at radius 3 is 2.31 bits per heavy atom. The van der Waals surface area contributed by atoms with E-state index in [0.29, 0.717) is 24.1 Å². The molecule has 0 saturated carbocycles. The van der Waals surface area contributed by atoms with Crippen molar-refractivity contribution in [3.8, 4) is 11.5 Å². The highest BCUT2D eigenvalue weighted by atomic mass is 16.5. The lowest BCUT2D eigenvalue weighted by atomic mass is 9.76. The average molecular weight is 494 g/mol. The summed E-state index contributed by atoms with van der Waals surface area (Å²) in [5, 5.41) is 15.0. The first-order valence-corrected chi connectivity index (χ1v) is 12.9. The van der Waals surface area contributed by atoms with Crippen molar-refractivity contribution in [1.29, 1.82) is 0 Å². The van der Waals surface area contributed by atoms with Gasteiger partial charge in [0.15, 0.2) is 0 Å². The highest BCUT2D eigenvalue weighted by Crippen LogP contribution is 2.38. The van der Waals surface area contributed by atoms with Gasteiger partial charge < -0.3 is 20.6 Å². The van der Waals surface area contributed by atoms with Gasteiger partial charge in [-0.1, -0.05) is 84.0 Å². The summed E-state index contributed by atoms with van der Waals surface area (Å²) in [4.78, 5) is 12.6. The molecule has 196 valence electrons. The maximum absolute atomic E-state index is 12.6. The first-order chi connectivity index (χ1) is 16.6. The Balaban J connectivity index is 0.00000456.